The summed E-state index contributed by atoms with van der Waals surface area (Å²) in [7, 11) is 0. The van der Waals surface area contributed by atoms with Crippen molar-refractivity contribution in [1.82, 2.24) is 4.90 Å². The van der Waals surface area contributed by atoms with Gasteiger partial charge in [0.25, 0.3) is 0 Å². The lowest BCUT2D eigenvalue weighted by Crippen LogP contribution is -2.52. The molecule has 2 saturated heterocycles. The molecule has 3 nitrogen and oxygen atoms in total. The number of piperidine rings is 1. The Morgan fingerprint density at radius 2 is 1.43 bits per heavy atom. The third-order valence-electron chi connectivity index (χ3n) is 8.72. The number of halogens is 1. The first-order valence-electron chi connectivity index (χ1n) is 12.5. The molecule has 4 bridgehead atoms. The lowest BCUT2D eigenvalue weighted by atomic mass is 9.84. The van der Waals surface area contributed by atoms with Gasteiger partial charge < -0.3 is 0 Å². The van der Waals surface area contributed by atoms with E-state index in [0.717, 1.165) is 36.4 Å². The fourth-order valence-electron chi connectivity index (χ4n) is 7.45. The highest BCUT2D eigenvalue weighted by atomic mass is 35.5. The van der Waals surface area contributed by atoms with Crippen molar-refractivity contribution < 1.29 is 4.79 Å². The van der Waals surface area contributed by atoms with E-state index in [1.165, 1.54) is 70.6 Å². The molecule has 5 unspecified atom stereocenters. The highest BCUT2D eigenvalue weighted by Crippen LogP contribution is 2.44. The fourth-order valence-corrected chi connectivity index (χ4v) is 7.68. The minimum Gasteiger partial charge on any atom is -0.296 e. The van der Waals surface area contributed by atoms with Crippen LogP contribution in [0.5, 0.6) is 0 Å². The van der Waals surface area contributed by atoms with Crippen LogP contribution in [-0.4, -0.2) is 34.4 Å². The van der Waals surface area contributed by atoms with Crippen molar-refractivity contribution in [3.8, 4) is 0 Å². The third-order valence-corrected chi connectivity index (χ3v) is 8.91. The molecule has 5 rings (SSSR count). The number of nitrogens with zero attached hydrogens (tertiary/aromatic N) is 2. The Hall–Kier alpha value is -1.06. The maximum absolute atomic E-state index is 12.5. The summed E-state index contributed by atoms with van der Waals surface area (Å²) in [5.74, 6) is 1.90. The smallest absolute Gasteiger partial charge is 0.296 e. The molecule has 0 N–H and O–H groups in total. The molecule has 0 radical (unpaired) electrons. The molecule has 1 amide bonds. The van der Waals surface area contributed by atoms with Gasteiger partial charge in [-0.2, -0.15) is 0 Å². The fraction of sp³-hybridized carbons (Fsp3) is 0.731. The molecule has 0 spiro atoms. The molecule has 2 aliphatic heterocycles. The second kappa shape index (κ2) is 9.20. The van der Waals surface area contributed by atoms with Gasteiger partial charge in [0, 0.05) is 29.9 Å². The summed E-state index contributed by atoms with van der Waals surface area (Å²) in [6.45, 7) is 0. The van der Waals surface area contributed by atoms with Crippen molar-refractivity contribution in [2.24, 2.45) is 11.8 Å². The van der Waals surface area contributed by atoms with E-state index in [0.29, 0.717) is 12.1 Å². The van der Waals surface area contributed by atoms with Gasteiger partial charge in [0.15, 0.2) is 0 Å². The van der Waals surface area contributed by atoms with Crippen molar-refractivity contribution in [3.05, 3.63) is 30.3 Å². The standard InChI is InChI=1S/C26H37ClN2O/c27-26(30)29(21-8-2-1-3-9-21)24-15-14-22-10-5-11-23(18-24)28(22)25-16-19-6-4-7-20(17-25)13-12-19/h1-3,8-9,19-20,22-25H,4-7,10-18H2. The summed E-state index contributed by atoms with van der Waals surface area (Å²) in [5.41, 5.74) is 0.953. The van der Waals surface area contributed by atoms with Crippen molar-refractivity contribution in [2.75, 3.05) is 4.90 Å². The van der Waals surface area contributed by atoms with Crippen LogP contribution in [-0.2, 0) is 0 Å². The maximum atomic E-state index is 12.5. The van der Waals surface area contributed by atoms with Gasteiger partial charge in [0.05, 0.1) is 0 Å². The molecular weight excluding hydrogens is 392 g/mol. The first-order chi connectivity index (χ1) is 14.7. The van der Waals surface area contributed by atoms with Crippen LogP contribution >= 0.6 is 11.6 Å². The maximum Gasteiger partial charge on any atom is 0.321 e. The number of benzene rings is 1. The Morgan fingerprint density at radius 3 is 2.13 bits per heavy atom. The monoisotopic (exact) mass is 428 g/mol. The van der Waals surface area contributed by atoms with Crippen molar-refractivity contribution in [1.29, 1.82) is 0 Å². The quantitative estimate of drug-likeness (QED) is 0.382. The molecule has 30 heavy (non-hydrogen) atoms. The van der Waals surface area contributed by atoms with Gasteiger partial charge >= 0.3 is 5.37 Å². The Labute approximate surface area is 187 Å². The van der Waals surface area contributed by atoms with Crippen molar-refractivity contribution in [2.45, 2.75) is 108 Å². The molecule has 2 aliphatic carbocycles. The van der Waals surface area contributed by atoms with Crippen LogP contribution in [0.1, 0.15) is 83.5 Å². The average Bonchev–Trinajstić information content (AvgIpc) is 3.11. The zero-order valence-electron chi connectivity index (χ0n) is 18.2. The van der Waals surface area contributed by atoms with E-state index in [1.807, 2.05) is 35.2 Å². The Kier molecular flexibility index (Phi) is 6.39. The summed E-state index contributed by atoms with van der Waals surface area (Å²) < 4.78 is 0. The molecule has 1 aromatic rings. The van der Waals surface area contributed by atoms with E-state index < -0.39 is 0 Å². The average molecular weight is 429 g/mol. The van der Waals surface area contributed by atoms with E-state index in [1.54, 1.807) is 0 Å². The molecule has 2 saturated carbocycles. The van der Waals surface area contributed by atoms with E-state index in [2.05, 4.69) is 4.90 Å². The van der Waals surface area contributed by atoms with Crippen LogP contribution in [0, 0.1) is 11.8 Å². The van der Waals surface area contributed by atoms with E-state index in [4.69, 9.17) is 11.6 Å². The Bertz CT molecular complexity index is 711. The molecule has 4 fully saturated rings. The number of hydrogen-bond acceptors (Lipinski definition) is 2. The zero-order chi connectivity index (χ0) is 20.5. The van der Waals surface area contributed by atoms with Gasteiger partial charge in [0.1, 0.15) is 0 Å². The second-order valence-corrected chi connectivity index (χ2v) is 10.8. The van der Waals surface area contributed by atoms with Crippen LogP contribution in [0.25, 0.3) is 0 Å². The van der Waals surface area contributed by atoms with E-state index in [-0.39, 0.29) is 11.4 Å². The number of anilines is 1. The largest absolute Gasteiger partial charge is 0.321 e. The predicted octanol–water partition coefficient (Wildman–Crippen LogP) is 6.99. The molecule has 164 valence electrons. The zero-order valence-corrected chi connectivity index (χ0v) is 19.0. The number of rotatable bonds is 3. The first kappa shape index (κ1) is 20.8. The summed E-state index contributed by atoms with van der Waals surface area (Å²) in [5, 5.41) is -0.321. The van der Waals surface area contributed by atoms with Gasteiger partial charge in [-0.25, -0.2) is 0 Å². The van der Waals surface area contributed by atoms with Crippen LogP contribution in [0.15, 0.2) is 30.3 Å². The number of fused-ring (bicyclic) bond motifs is 5. The normalized spacial score (nSPS) is 37.1. The van der Waals surface area contributed by atoms with Gasteiger partial charge in [-0.15, -0.1) is 0 Å². The van der Waals surface area contributed by atoms with Gasteiger partial charge in [-0.3, -0.25) is 14.6 Å². The SMILES string of the molecule is O=C(Cl)N(c1ccccc1)C1CCC2CCCC(C1)N2C1CC2CCCC(CC2)C1. The molecule has 1 aromatic carbocycles. The first-order valence-corrected chi connectivity index (χ1v) is 12.9. The molecule has 2 heterocycles. The summed E-state index contributed by atoms with van der Waals surface area (Å²) in [4.78, 5) is 17.4. The van der Waals surface area contributed by atoms with Crippen LogP contribution in [0.4, 0.5) is 10.5 Å². The number of carbonyl (C=O) groups excluding carboxylic acids is 1. The van der Waals surface area contributed by atoms with Crippen LogP contribution in [0.3, 0.4) is 0 Å². The van der Waals surface area contributed by atoms with Crippen molar-refractivity contribution >= 4 is 22.7 Å². The summed E-state index contributed by atoms with van der Waals surface area (Å²) >= 11 is 6.15. The molecule has 5 atom stereocenters. The summed E-state index contributed by atoms with van der Waals surface area (Å²) in [6, 6.07) is 12.4. The van der Waals surface area contributed by atoms with E-state index in [9.17, 15) is 4.79 Å². The van der Waals surface area contributed by atoms with Gasteiger partial charge in [-0.05, 0) is 80.5 Å². The Balaban J connectivity index is 1.39. The minimum atomic E-state index is -0.321. The number of amides is 1. The summed E-state index contributed by atoms with van der Waals surface area (Å²) in [6.07, 6.45) is 17.5. The molecule has 4 heteroatoms. The predicted molar refractivity (Wildman–Crippen MR) is 124 cm³/mol. The highest BCUT2D eigenvalue weighted by molar-refractivity contribution is 6.66. The third kappa shape index (κ3) is 4.30. The number of carbonyl (C=O) groups is 1. The van der Waals surface area contributed by atoms with Crippen LogP contribution in [0.2, 0.25) is 0 Å². The molecule has 0 aromatic heterocycles. The van der Waals surface area contributed by atoms with Crippen LogP contribution < -0.4 is 4.90 Å². The van der Waals surface area contributed by atoms with Gasteiger partial charge in [-0.1, -0.05) is 56.7 Å². The Morgan fingerprint density at radius 1 is 0.767 bits per heavy atom. The van der Waals surface area contributed by atoms with E-state index >= 15 is 0 Å². The number of para-hydroxylation sites is 1. The molecule has 4 aliphatic rings. The van der Waals surface area contributed by atoms with Gasteiger partial charge in [0.2, 0.25) is 0 Å². The second-order valence-electron chi connectivity index (χ2n) is 10.5. The highest BCUT2D eigenvalue weighted by Gasteiger charge is 2.43. The lowest BCUT2D eigenvalue weighted by Gasteiger charge is -2.47. The minimum absolute atomic E-state index is 0.221. The van der Waals surface area contributed by atoms with Crippen molar-refractivity contribution in [3.63, 3.8) is 0 Å². The number of hydrogen-bond donors (Lipinski definition) is 0. The lowest BCUT2D eigenvalue weighted by molar-refractivity contribution is 0.0195. The topological polar surface area (TPSA) is 23.6 Å². The molecular formula is C26H37ClN2O.